The highest BCUT2D eigenvalue weighted by atomic mass is 19.2. The second kappa shape index (κ2) is 5.80. The van der Waals surface area contributed by atoms with Crippen LogP contribution in [-0.4, -0.2) is 12.6 Å². The summed E-state index contributed by atoms with van der Waals surface area (Å²) in [6.07, 6.45) is 0.927. The number of hydrogen-bond donors (Lipinski definition) is 1. The van der Waals surface area contributed by atoms with E-state index in [0.29, 0.717) is 0 Å². The van der Waals surface area contributed by atoms with Crippen molar-refractivity contribution in [1.82, 2.24) is 0 Å². The zero-order valence-corrected chi connectivity index (χ0v) is 9.54. The molecule has 90 valence electrons. The van der Waals surface area contributed by atoms with Gasteiger partial charge in [-0.25, -0.2) is 4.39 Å². The molecule has 2 N–H and O–H groups in total. The van der Waals surface area contributed by atoms with Crippen molar-refractivity contribution in [3.8, 4) is 5.75 Å². The third kappa shape index (κ3) is 3.17. The second-order valence-corrected chi connectivity index (χ2v) is 3.91. The van der Waals surface area contributed by atoms with E-state index in [1.807, 2.05) is 13.8 Å². The van der Waals surface area contributed by atoms with Crippen LogP contribution in [0.15, 0.2) is 18.2 Å². The summed E-state index contributed by atoms with van der Waals surface area (Å²) in [6, 6.07) is 3.67. The van der Waals surface area contributed by atoms with Gasteiger partial charge < -0.3 is 10.5 Å². The van der Waals surface area contributed by atoms with Crippen molar-refractivity contribution in [2.45, 2.75) is 26.3 Å². The van der Waals surface area contributed by atoms with E-state index in [4.69, 9.17) is 10.5 Å². The van der Waals surface area contributed by atoms with E-state index < -0.39 is 11.6 Å². The zero-order chi connectivity index (χ0) is 12.1. The molecule has 0 heterocycles. The van der Waals surface area contributed by atoms with Crippen LogP contribution in [0.1, 0.15) is 20.3 Å². The third-order valence-corrected chi connectivity index (χ3v) is 2.72. The Morgan fingerprint density at radius 1 is 1.38 bits per heavy atom. The molecule has 0 fully saturated rings. The van der Waals surface area contributed by atoms with E-state index in [2.05, 4.69) is 0 Å². The van der Waals surface area contributed by atoms with Crippen molar-refractivity contribution in [2.24, 2.45) is 11.7 Å². The number of benzene rings is 1. The number of hydrogen-bond acceptors (Lipinski definition) is 2. The fraction of sp³-hybridized carbons (Fsp3) is 0.500. The number of rotatable bonds is 5. The quantitative estimate of drug-likeness (QED) is 0.842. The fourth-order valence-electron chi connectivity index (χ4n) is 1.25. The molecular weight excluding hydrogens is 212 g/mol. The van der Waals surface area contributed by atoms with E-state index in [1.165, 1.54) is 12.1 Å². The highest BCUT2D eigenvalue weighted by Crippen LogP contribution is 2.19. The summed E-state index contributed by atoms with van der Waals surface area (Å²) in [6.45, 7) is 4.21. The van der Waals surface area contributed by atoms with Gasteiger partial charge in [0.25, 0.3) is 0 Å². The molecule has 0 saturated heterocycles. The predicted octanol–water partition coefficient (Wildman–Crippen LogP) is 2.72. The van der Waals surface area contributed by atoms with E-state index in [1.54, 1.807) is 0 Å². The van der Waals surface area contributed by atoms with E-state index >= 15 is 0 Å². The molecule has 0 aliphatic rings. The Hall–Kier alpha value is -1.16. The molecule has 1 aromatic carbocycles. The first-order chi connectivity index (χ1) is 7.56. The summed E-state index contributed by atoms with van der Waals surface area (Å²) in [4.78, 5) is 0. The summed E-state index contributed by atoms with van der Waals surface area (Å²) in [5, 5.41) is 0. The highest BCUT2D eigenvalue weighted by Gasteiger charge is 2.14. The lowest BCUT2D eigenvalue weighted by Crippen LogP contribution is -2.34. The minimum atomic E-state index is -0.959. The average Bonchev–Trinajstić information content (AvgIpc) is 2.29. The van der Waals surface area contributed by atoms with Crippen molar-refractivity contribution in [3.05, 3.63) is 29.8 Å². The third-order valence-electron chi connectivity index (χ3n) is 2.72. The Labute approximate surface area is 94.4 Å². The lowest BCUT2D eigenvalue weighted by atomic mass is 10.0. The van der Waals surface area contributed by atoms with E-state index in [-0.39, 0.29) is 24.3 Å². The molecule has 0 saturated carbocycles. The number of halogens is 2. The van der Waals surface area contributed by atoms with Crippen LogP contribution in [0.25, 0.3) is 0 Å². The van der Waals surface area contributed by atoms with Crippen molar-refractivity contribution in [2.75, 3.05) is 6.61 Å². The number of nitrogens with two attached hydrogens (primary N) is 1. The van der Waals surface area contributed by atoms with Gasteiger partial charge >= 0.3 is 0 Å². The van der Waals surface area contributed by atoms with Gasteiger partial charge in [0.2, 0.25) is 5.82 Å². The molecule has 0 spiro atoms. The van der Waals surface area contributed by atoms with Gasteiger partial charge in [0.1, 0.15) is 6.61 Å². The van der Waals surface area contributed by atoms with Gasteiger partial charge in [0.15, 0.2) is 11.6 Å². The van der Waals surface area contributed by atoms with Crippen molar-refractivity contribution in [3.63, 3.8) is 0 Å². The topological polar surface area (TPSA) is 35.2 Å². The molecular formula is C12H17F2NO. The lowest BCUT2D eigenvalue weighted by molar-refractivity contribution is 0.238. The van der Waals surface area contributed by atoms with Crippen LogP contribution in [0.5, 0.6) is 5.75 Å². The van der Waals surface area contributed by atoms with Crippen LogP contribution in [0.2, 0.25) is 0 Å². The molecule has 1 rings (SSSR count). The predicted molar refractivity (Wildman–Crippen MR) is 59.3 cm³/mol. The van der Waals surface area contributed by atoms with Gasteiger partial charge in [-0.05, 0) is 18.1 Å². The smallest absolute Gasteiger partial charge is 0.200 e. The SMILES string of the molecule is CCC(C)C(N)COc1cccc(F)c1F. The van der Waals surface area contributed by atoms with Gasteiger partial charge in [-0.3, -0.25) is 0 Å². The van der Waals surface area contributed by atoms with Gasteiger partial charge in [-0.2, -0.15) is 4.39 Å². The van der Waals surface area contributed by atoms with Gasteiger partial charge in [-0.15, -0.1) is 0 Å². The molecule has 2 atom stereocenters. The largest absolute Gasteiger partial charge is 0.489 e. The Balaban J connectivity index is 2.58. The molecule has 0 aliphatic heterocycles. The maximum absolute atomic E-state index is 13.2. The molecule has 0 bridgehead atoms. The maximum Gasteiger partial charge on any atom is 0.200 e. The van der Waals surface area contributed by atoms with Crippen molar-refractivity contribution < 1.29 is 13.5 Å². The van der Waals surface area contributed by atoms with Crippen LogP contribution in [0.4, 0.5) is 8.78 Å². The first kappa shape index (κ1) is 12.9. The van der Waals surface area contributed by atoms with Crippen LogP contribution in [-0.2, 0) is 0 Å². The minimum Gasteiger partial charge on any atom is -0.489 e. The normalized spacial score (nSPS) is 14.6. The van der Waals surface area contributed by atoms with Crippen molar-refractivity contribution >= 4 is 0 Å². The first-order valence-corrected chi connectivity index (χ1v) is 5.38. The Morgan fingerprint density at radius 3 is 2.69 bits per heavy atom. The maximum atomic E-state index is 13.2. The first-order valence-electron chi connectivity index (χ1n) is 5.38. The summed E-state index contributed by atoms with van der Waals surface area (Å²) < 4.78 is 31.2. The van der Waals surface area contributed by atoms with E-state index in [9.17, 15) is 8.78 Å². The zero-order valence-electron chi connectivity index (χ0n) is 9.54. The summed E-state index contributed by atoms with van der Waals surface area (Å²) in [7, 11) is 0. The van der Waals surface area contributed by atoms with Crippen LogP contribution >= 0.6 is 0 Å². The molecule has 0 aromatic heterocycles. The Kier molecular flexibility index (Phi) is 4.68. The second-order valence-electron chi connectivity index (χ2n) is 3.91. The molecule has 16 heavy (non-hydrogen) atoms. The molecule has 0 amide bonds. The molecule has 4 heteroatoms. The summed E-state index contributed by atoms with van der Waals surface area (Å²) in [5.41, 5.74) is 5.82. The molecule has 2 nitrogen and oxygen atoms in total. The summed E-state index contributed by atoms with van der Waals surface area (Å²) in [5.74, 6) is -1.66. The van der Waals surface area contributed by atoms with Crippen LogP contribution < -0.4 is 10.5 Å². The minimum absolute atomic E-state index is 0.0845. The van der Waals surface area contributed by atoms with Crippen LogP contribution in [0.3, 0.4) is 0 Å². The van der Waals surface area contributed by atoms with Crippen molar-refractivity contribution in [1.29, 1.82) is 0 Å². The average molecular weight is 229 g/mol. The summed E-state index contributed by atoms with van der Waals surface area (Å²) >= 11 is 0. The number of ether oxygens (including phenoxy) is 1. The van der Waals surface area contributed by atoms with Crippen LogP contribution in [0, 0.1) is 17.6 Å². The molecule has 0 aliphatic carbocycles. The molecule has 0 radical (unpaired) electrons. The standard InChI is InChI=1S/C12H17F2NO/c1-3-8(2)10(15)7-16-11-6-4-5-9(13)12(11)14/h4-6,8,10H,3,7,15H2,1-2H3. The van der Waals surface area contributed by atoms with Gasteiger partial charge in [0, 0.05) is 6.04 Å². The molecule has 1 aromatic rings. The Morgan fingerprint density at radius 2 is 2.06 bits per heavy atom. The van der Waals surface area contributed by atoms with E-state index in [0.717, 1.165) is 12.5 Å². The molecule has 2 unspecified atom stereocenters. The fourth-order valence-corrected chi connectivity index (χ4v) is 1.25. The monoisotopic (exact) mass is 229 g/mol. The Bertz CT molecular complexity index is 344. The highest BCUT2D eigenvalue weighted by molar-refractivity contribution is 5.25. The van der Waals surface area contributed by atoms with Gasteiger partial charge in [-0.1, -0.05) is 26.3 Å². The van der Waals surface area contributed by atoms with Gasteiger partial charge in [0.05, 0.1) is 0 Å². The lowest BCUT2D eigenvalue weighted by Gasteiger charge is -2.18.